The van der Waals surface area contributed by atoms with Gasteiger partial charge in [-0.3, -0.25) is 29.0 Å². The molecule has 2 aromatic rings. The summed E-state index contributed by atoms with van der Waals surface area (Å²) < 4.78 is 0. The minimum absolute atomic E-state index is 0.0866. The van der Waals surface area contributed by atoms with Crippen molar-refractivity contribution in [2.24, 2.45) is 0 Å². The van der Waals surface area contributed by atoms with Crippen LogP contribution in [-0.2, 0) is 19.2 Å². The molecule has 0 heterocycles. The van der Waals surface area contributed by atoms with Gasteiger partial charge in [0.2, 0.25) is 0 Å². The first-order valence-electron chi connectivity index (χ1n) is 9.96. The number of carboxylic acid groups (broad SMARTS) is 4. The molecule has 2 rings (SSSR count). The third kappa shape index (κ3) is 6.67. The second-order valence-electron chi connectivity index (χ2n) is 7.33. The smallest absolute Gasteiger partial charge is 0.325 e. The van der Waals surface area contributed by atoms with Gasteiger partial charge in [-0.05, 0) is 12.1 Å². The van der Waals surface area contributed by atoms with Crippen molar-refractivity contribution in [3.8, 4) is 11.5 Å². The minimum Gasteiger partial charge on any atom is -0.508 e. The van der Waals surface area contributed by atoms with Gasteiger partial charge in [0.25, 0.3) is 0 Å². The summed E-state index contributed by atoms with van der Waals surface area (Å²) in [5.41, 5.74) is -0.173. The summed E-state index contributed by atoms with van der Waals surface area (Å²) in [5, 5.41) is 58.4. The Balaban J connectivity index is 2.43. The Bertz CT molecular complexity index is 974. The first kappa shape index (κ1) is 26.1. The normalized spacial score (nSPS) is 12.9. The maximum absolute atomic E-state index is 12.0. The van der Waals surface area contributed by atoms with Crippen LogP contribution < -0.4 is 0 Å². The van der Waals surface area contributed by atoms with Crippen LogP contribution in [0.2, 0.25) is 0 Å². The van der Waals surface area contributed by atoms with E-state index >= 15 is 0 Å². The molecule has 12 heteroatoms. The van der Waals surface area contributed by atoms with Crippen molar-refractivity contribution in [2.75, 3.05) is 26.2 Å². The second kappa shape index (κ2) is 11.6. The van der Waals surface area contributed by atoms with Crippen molar-refractivity contribution < 1.29 is 49.8 Å². The van der Waals surface area contributed by atoms with E-state index in [0.717, 1.165) is 9.80 Å². The highest BCUT2D eigenvalue weighted by Gasteiger charge is 2.34. The predicted octanol–water partition coefficient (Wildman–Crippen LogP) is 0.823. The highest BCUT2D eigenvalue weighted by molar-refractivity contribution is 5.79. The zero-order chi connectivity index (χ0) is 25.4. The number of nitrogens with zero attached hydrogens (tertiary/aromatic N) is 2. The standard InChI is InChI=1S/C22H24N2O10/c25-15-7-3-1-5-13(15)19(21(31)32)23(11-17(27)28)9-10-24(12-18(29)30)20(22(33)34)14-6-2-4-8-16(14)26/h1-8,19-20,25-26H,9-12H2,(H,27,28)(H,29,30)(H,31,32)(H,33,34)/t19-,20-/m0/s1. The van der Waals surface area contributed by atoms with Gasteiger partial charge in [0.1, 0.15) is 23.6 Å². The van der Waals surface area contributed by atoms with Crippen molar-refractivity contribution >= 4 is 23.9 Å². The molecule has 182 valence electrons. The summed E-state index contributed by atoms with van der Waals surface area (Å²) in [6.45, 7) is -2.36. The SMILES string of the molecule is O=C(O)CN(CCN(CC(=O)O)[C@H](C(=O)O)c1ccccc1O)[C@H](C(=O)O)c1ccccc1O. The Labute approximate surface area is 193 Å². The van der Waals surface area contributed by atoms with Crippen LogP contribution in [0.4, 0.5) is 0 Å². The molecule has 0 saturated carbocycles. The molecule has 0 unspecified atom stereocenters. The molecule has 0 aliphatic heterocycles. The van der Waals surface area contributed by atoms with Crippen LogP contribution in [0.15, 0.2) is 48.5 Å². The lowest BCUT2D eigenvalue weighted by atomic mass is 10.0. The predicted molar refractivity (Wildman–Crippen MR) is 115 cm³/mol. The number of carboxylic acids is 4. The van der Waals surface area contributed by atoms with Crippen LogP contribution in [0, 0.1) is 0 Å². The lowest BCUT2D eigenvalue weighted by molar-refractivity contribution is -0.150. The molecule has 0 aliphatic rings. The largest absolute Gasteiger partial charge is 0.508 e. The molecule has 0 bridgehead atoms. The molecule has 0 aromatic heterocycles. The summed E-state index contributed by atoms with van der Waals surface area (Å²) >= 11 is 0. The molecule has 2 aromatic carbocycles. The van der Waals surface area contributed by atoms with Gasteiger partial charge in [0.15, 0.2) is 0 Å². The van der Waals surface area contributed by atoms with Crippen LogP contribution in [0.3, 0.4) is 0 Å². The number of hydrogen-bond acceptors (Lipinski definition) is 8. The quantitative estimate of drug-likeness (QED) is 0.238. The van der Waals surface area contributed by atoms with Gasteiger partial charge in [0.05, 0.1) is 13.1 Å². The number of benzene rings is 2. The summed E-state index contributed by atoms with van der Waals surface area (Å²) in [5.74, 6) is -6.48. The van der Waals surface area contributed by atoms with Gasteiger partial charge in [-0.1, -0.05) is 36.4 Å². The first-order valence-corrected chi connectivity index (χ1v) is 9.96. The summed E-state index contributed by atoms with van der Waals surface area (Å²) in [6, 6.07) is 7.68. The Kier molecular flexibility index (Phi) is 8.93. The van der Waals surface area contributed by atoms with Crippen molar-refractivity contribution in [3.05, 3.63) is 59.7 Å². The van der Waals surface area contributed by atoms with E-state index in [4.69, 9.17) is 0 Å². The van der Waals surface area contributed by atoms with E-state index in [2.05, 4.69) is 0 Å². The Hall–Kier alpha value is -4.16. The van der Waals surface area contributed by atoms with Crippen molar-refractivity contribution in [3.63, 3.8) is 0 Å². The van der Waals surface area contributed by atoms with Gasteiger partial charge in [0, 0.05) is 24.2 Å². The number of phenolic OH excluding ortho intramolecular Hbond substituents is 2. The molecular weight excluding hydrogens is 452 g/mol. The number of carbonyl (C=O) groups is 4. The summed E-state index contributed by atoms with van der Waals surface area (Å²) in [6.07, 6.45) is 0. The molecule has 0 fully saturated rings. The average molecular weight is 476 g/mol. The van der Waals surface area contributed by atoms with Crippen LogP contribution in [0.5, 0.6) is 11.5 Å². The van der Waals surface area contributed by atoms with E-state index < -0.39 is 49.1 Å². The van der Waals surface area contributed by atoms with Crippen molar-refractivity contribution in [2.45, 2.75) is 12.1 Å². The molecule has 0 amide bonds. The molecule has 0 radical (unpaired) electrons. The maximum atomic E-state index is 12.0. The first-order chi connectivity index (χ1) is 16.0. The molecule has 6 N–H and O–H groups in total. The van der Waals surface area contributed by atoms with Gasteiger partial charge in [-0.15, -0.1) is 0 Å². The number of aliphatic carboxylic acids is 4. The molecule has 0 spiro atoms. The van der Waals surface area contributed by atoms with E-state index in [1.165, 1.54) is 48.5 Å². The van der Waals surface area contributed by atoms with Crippen LogP contribution in [0.25, 0.3) is 0 Å². The molecule has 0 aliphatic carbocycles. The molecular formula is C22H24N2O10. The van der Waals surface area contributed by atoms with Crippen molar-refractivity contribution in [1.82, 2.24) is 9.80 Å². The fourth-order valence-electron chi connectivity index (χ4n) is 3.61. The lowest BCUT2D eigenvalue weighted by Gasteiger charge is -2.33. The van der Waals surface area contributed by atoms with E-state index in [1.807, 2.05) is 0 Å². The third-order valence-corrected chi connectivity index (χ3v) is 5.01. The number of rotatable bonds is 13. The minimum atomic E-state index is -1.61. The third-order valence-electron chi connectivity index (χ3n) is 5.01. The summed E-state index contributed by atoms with van der Waals surface area (Å²) in [7, 11) is 0. The van der Waals surface area contributed by atoms with E-state index in [1.54, 1.807) is 0 Å². The fraction of sp³-hybridized carbons (Fsp3) is 0.273. The van der Waals surface area contributed by atoms with Crippen molar-refractivity contribution in [1.29, 1.82) is 0 Å². The fourth-order valence-corrected chi connectivity index (χ4v) is 3.61. The van der Waals surface area contributed by atoms with E-state index in [0.29, 0.717) is 0 Å². The average Bonchev–Trinajstić information content (AvgIpc) is 2.73. The zero-order valence-electron chi connectivity index (χ0n) is 17.8. The molecule has 0 saturated heterocycles. The van der Waals surface area contributed by atoms with Gasteiger partial charge in [-0.25, -0.2) is 0 Å². The zero-order valence-corrected chi connectivity index (χ0v) is 17.8. The van der Waals surface area contributed by atoms with E-state index in [-0.39, 0.29) is 35.7 Å². The Morgan fingerprint density at radius 1 is 0.618 bits per heavy atom. The van der Waals surface area contributed by atoms with Gasteiger partial charge in [-0.2, -0.15) is 0 Å². The highest BCUT2D eigenvalue weighted by atomic mass is 16.4. The number of para-hydroxylation sites is 2. The molecule has 34 heavy (non-hydrogen) atoms. The van der Waals surface area contributed by atoms with Crippen LogP contribution >= 0.6 is 0 Å². The van der Waals surface area contributed by atoms with Gasteiger partial charge < -0.3 is 30.6 Å². The summed E-state index contributed by atoms with van der Waals surface area (Å²) in [4.78, 5) is 48.9. The number of hydrogen-bond donors (Lipinski definition) is 6. The molecule has 12 nitrogen and oxygen atoms in total. The number of phenols is 2. The Morgan fingerprint density at radius 3 is 1.21 bits per heavy atom. The van der Waals surface area contributed by atoms with E-state index in [9.17, 15) is 49.8 Å². The van der Waals surface area contributed by atoms with Crippen LogP contribution in [0.1, 0.15) is 23.2 Å². The molecule has 2 atom stereocenters. The highest BCUT2D eigenvalue weighted by Crippen LogP contribution is 2.31. The maximum Gasteiger partial charge on any atom is 0.325 e. The monoisotopic (exact) mass is 476 g/mol. The topological polar surface area (TPSA) is 196 Å². The van der Waals surface area contributed by atoms with Gasteiger partial charge >= 0.3 is 23.9 Å². The van der Waals surface area contributed by atoms with Crippen LogP contribution in [-0.4, -0.2) is 90.5 Å². The Morgan fingerprint density at radius 2 is 0.941 bits per heavy atom. The second-order valence-corrected chi connectivity index (χ2v) is 7.33. The number of aromatic hydroxyl groups is 2. The lowest BCUT2D eigenvalue weighted by Crippen LogP contribution is -2.46.